The van der Waals surface area contributed by atoms with E-state index in [9.17, 15) is 18.3 Å². The Hall–Kier alpha value is -0.580. The van der Waals surface area contributed by atoms with Gasteiger partial charge < -0.3 is 5.11 Å². The van der Waals surface area contributed by atoms with E-state index in [1.165, 1.54) is 0 Å². The third-order valence-electron chi connectivity index (χ3n) is 4.47. The minimum atomic E-state index is -3.25. The van der Waals surface area contributed by atoms with Crippen LogP contribution in [0.15, 0.2) is 0 Å². The van der Waals surface area contributed by atoms with Crippen LogP contribution in [0.25, 0.3) is 0 Å². The molecule has 0 spiro atoms. The fraction of sp³-hybridized carbons (Fsp3) is 0.929. The zero-order valence-corrected chi connectivity index (χ0v) is 13.2. The molecule has 0 aromatic rings. The first-order valence-electron chi connectivity index (χ1n) is 6.96. The molecule has 0 unspecified atom stereocenters. The van der Waals surface area contributed by atoms with Gasteiger partial charge in [-0.25, -0.2) is 8.42 Å². The van der Waals surface area contributed by atoms with Gasteiger partial charge in [-0.3, -0.25) is 4.79 Å². The van der Waals surface area contributed by atoms with E-state index < -0.39 is 26.0 Å². The Kier molecular flexibility index (Phi) is 4.71. The first-order chi connectivity index (χ1) is 8.50. The molecule has 0 heterocycles. The molecule has 1 fully saturated rings. The van der Waals surface area contributed by atoms with Crippen molar-refractivity contribution in [2.45, 2.75) is 64.5 Å². The van der Waals surface area contributed by atoms with Crippen LogP contribution in [-0.2, 0) is 14.6 Å². The van der Waals surface area contributed by atoms with Crippen LogP contribution in [0.3, 0.4) is 0 Å². The summed E-state index contributed by atoms with van der Waals surface area (Å²) in [5.74, 6) is -0.313. The predicted octanol–water partition coefficient (Wildman–Crippen LogP) is 2.87. The van der Waals surface area contributed by atoms with Crippen molar-refractivity contribution >= 4 is 15.8 Å². The van der Waals surface area contributed by atoms with Gasteiger partial charge in [0.2, 0.25) is 0 Å². The van der Waals surface area contributed by atoms with Gasteiger partial charge in [0.1, 0.15) is 0 Å². The lowest BCUT2D eigenvalue weighted by Gasteiger charge is -2.36. The number of carboxylic acids is 1. The number of aliphatic carboxylic acids is 1. The number of sulfone groups is 1. The van der Waals surface area contributed by atoms with Gasteiger partial charge in [0.15, 0.2) is 9.84 Å². The predicted molar refractivity (Wildman–Crippen MR) is 75.9 cm³/mol. The van der Waals surface area contributed by atoms with E-state index in [1.54, 1.807) is 20.8 Å². The first-order valence-corrected chi connectivity index (χ1v) is 8.61. The molecular formula is C14H26O4S. The fourth-order valence-corrected chi connectivity index (χ4v) is 3.79. The summed E-state index contributed by atoms with van der Waals surface area (Å²) in [6.45, 7) is 7.12. The molecule has 0 bridgehead atoms. The molecule has 0 amide bonds. The Labute approximate surface area is 116 Å². The summed E-state index contributed by atoms with van der Waals surface area (Å²) in [5, 5.41) is 9.48. The van der Waals surface area contributed by atoms with E-state index in [1.807, 2.05) is 0 Å². The highest BCUT2D eigenvalue weighted by Gasteiger charge is 2.43. The van der Waals surface area contributed by atoms with E-state index in [0.717, 1.165) is 12.8 Å². The van der Waals surface area contributed by atoms with Gasteiger partial charge in [-0.2, -0.15) is 0 Å². The Morgan fingerprint density at radius 3 is 2.11 bits per heavy atom. The van der Waals surface area contributed by atoms with Crippen molar-refractivity contribution in [2.24, 2.45) is 11.3 Å². The number of rotatable bonds is 4. The minimum absolute atomic E-state index is 0.0306. The van der Waals surface area contributed by atoms with Crippen molar-refractivity contribution in [3.8, 4) is 0 Å². The van der Waals surface area contributed by atoms with Crippen molar-refractivity contribution in [3.05, 3.63) is 0 Å². The molecule has 4 nitrogen and oxygen atoms in total. The molecule has 0 saturated heterocycles. The van der Waals surface area contributed by atoms with Crippen LogP contribution in [0.4, 0.5) is 0 Å². The van der Waals surface area contributed by atoms with Crippen molar-refractivity contribution < 1.29 is 18.3 Å². The molecule has 1 aliphatic rings. The quantitative estimate of drug-likeness (QED) is 0.864. The maximum absolute atomic E-state index is 12.1. The van der Waals surface area contributed by atoms with Crippen molar-refractivity contribution in [2.75, 3.05) is 5.75 Å². The number of carboxylic acid groups (broad SMARTS) is 1. The Bertz CT molecular complexity index is 423. The lowest BCUT2D eigenvalue weighted by Crippen LogP contribution is -2.39. The van der Waals surface area contributed by atoms with Gasteiger partial charge in [-0.15, -0.1) is 0 Å². The van der Waals surface area contributed by atoms with Crippen LogP contribution < -0.4 is 0 Å². The largest absolute Gasteiger partial charge is 0.481 e. The fourth-order valence-electron chi connectivity index (χ4n) is 2.52. The maximum atomic E-state index is 12.1. The third-order valence-corrected chi connectivity index (χ3v) is 7.08. The van der Waals surface area contributed by atoms with Crippen LogP contribution in [-0.4, -0.2) is 30.0 Å². The second-order valence-electron chi connectivity index (χ2n) is 6.95. The Balaban J connectivity index is 2.80. The summed E-state index contributed by atoms with van der Waals surface area (Å²) in [4.78, 5) is 11.6. The first kappa shape index (κ1) is 16.5. The molecule has 0 aromatic carbocycles. The molecular weight excluding hydrogens is 264 g/mol. The molecule has 1 N–H and O–H groups in total. The van der Waals surface area contributed by atoms with Crippen LogP contribution in [0.5, 0.6) is 0 Å². The molecule has 1 saturated carbocycles. The maximum Gasteiger partial charge on any atom is 0.309 e. The highest BCUT2D eigenvalue weighted by atomic mass is 32.2. The van der Waals surface area contributed by atoms with Gasteiger partial charge in [0.25, 0.3) is 0 Å². The summed E-state index contributed by atoms with van der Waals surface area (Å²) >= 11 is 0. The summed E-state index contributed by atoms with van der Waals surface area (Å²) < 4.78 is 23.5. The lowest BCUT2D eigenvalue weighted by atomic mass is 9.69. The highest BCUT2D eigenvalue weighted by molar-refractivity contribution is 7.92. The summed E-state index contributed by atoms with van der Waals surface area (Å²) in [5.41, 5.74) is -0.829. The summed E-state index contributed by atoms with van der Waals surface area (Å²) in [7, 11) is -3.25. The minimum Gasteiger partial charge on any atom is -0.481 e. The highest BCUT2D eigenvalue weighted by Crippen LogP contribution is 2.42. The Morgan fingerprint density at radius 1 is 1.26 bits per heavy atom. The van der Waals surface area contributed by atoms with E-state index in [-0.39, 0.29) is 12.2 Å². The molecule has 0 radical (unpaired) electrons. The number of hydrogen-bond acceptors (Lipinski definition) is 3. The van der Waals surface area contributed by atoms with Crippen molar-refractivity contribution in [1.82, 2.24) is 0 Å². The molecule has 5 heteroatoms. The molecule has 0 aromatic heterocycles. The average Bonchev–Trinajstić information content (AvgIpc) is 2.27. The molecule has 1 rings (SSSR count). The third kappa shape index (κ3) is 3.71. The molecule has 1 aliphatic carbocycles. The van der Waals surface area contributed by atoms with Crippen LogP contribution in [0.1, 0.15) is 59.8 Å². The Morgan fingerprint density at radius 2 is 1.74 bits per heavy atom. The average molecular weight is 290 g/mol. The molecule has 112 valence electrons. The van der Waals surface area contributed by atoms with Crippen LogP contribution in [0, 0.1) is 11.3 Å². The monoisotopic (exact) mass is 290 g/mol. The number of carbonyl (C=O) groups is 1. The van der Waals surface area contributed by atoms with Gasteiger partial charge in [-0.05, 0) is 58.8 Å². The smallest absolute Gasteiger partial charge is 0.309 e. The number of hydrogen-bond donors (Lipinski definition) is 1. The zero-order chi connectivity index (χ0) is 14.9. The van der Waals surface area contributed by atoms with Crippen LogP contribution in [0.2, 0.25) is 0 Å². The van der Waals surface area contributed by atoms with Gasteiger partial charge >= 0.3 is 5.97 Å². The zero-order valence-electron chi connectivity index (χ0n) is 12.4. The SMILES string of the molecule is CC1CCC(CCS(=O)(=O)C(C)(C)C)(C(=O)O)CC1. The standard InChI is InChI=1S/C14H26O4S/c1-11-5-7-14(8-6-11,12(15)16)9-10-19(17,18)13(2,3)4/h11H,5-10H2,1-4H3,(H,15,16). The van der Waals surface area contributed by atoms with E-state index in [2.05, 4.69) is 6.92 Å². The second kappa shape index (κ2) is 5.43. The van der Waals surface area contributed by atoms with E-state index in [0.29, 0.717) is 18.8 Å². The molecule has 0 atom stereocenters. The van der Waals surface area contributed by atoms with E-state index in [4.69, 9.17) is 0 Å². The summed E-state index contributed by atoms with van der Waals surface area (Å²) in [6.07, 6.45) is 3.20. The lowest BCUT2D eigenvalue weighted by molar-refractivity contribution is -0.151. The normalized spacial score (nSPS) is 29.2. The van der Waals surface area contributed by atoms with Gasteiger partial charge in [-0.1, -0.05) is 6.92 Å². The van der Waals surface area contributed by atoms with Crippen molar-refractivity contribution in [3.63, 3.8) is 0 Å². The molecule has 0 aliphatic heterocycles. The molecule has 19 heavy (non-hydrogen) atoms. The van der Waals surface area contributed by atoms with Gasteiger partial charge in [0.05, 0.1) is 15.9 Å². The van der Waals surface area contributed by atoms with Gasteiger partial charge in [0, 0.05) is 0 Å². The second-order valence-corrected chi connectivity index (χ2v) is 9.81. The van der Waals surface area contributed by atoms with Crippen LogP contribution >= 0.6 is 0 Å². The van der Waals surface area contributed by atoms with E-state index >= 15 is 0 Å². The summed E-state index contributed by atoms with van der Waals surface area (Å²) in [6, 6.07) is 0. The topological polar surface area (TPSA) is 71.4 Å². The van der Waals surface area contributed by atoms with Crippen molar-refractivity contribution in [1.29, 1.82) is 0 Å².